The lowest BCUT2D eigenvalue weighted by atomic mass is 10.2. The van der Waals surface area contributed by atoms with E-state index in [1.165, 1.54) is 24.5 Å². The van der Waals surface area contributed by atoms with Crippen molar-refractivity contribution < 1.29 is 13.3 Å². The topological polar surface area (TPSA) is 115 Å². The third-order valence-corrected chi connectivity index (χ3v) is 2.67. The van der Waals surface area contributed by atoms with Crippen molar-refractivity contribution >= 4 is 32.4 Å². The molecule has 1 heterocycles. The number of nitrogens with zero attached hydrogens (tertiary/aromatic N) is 3. The van der Waals surface area contributed by atoms with Crippen molar-refractivity contribution in [2.45, 2.75) is 0 Å². The fourth-order valence-corrected chi connectivity index (χ4v) is 2.00. The number of sulfonamides is 1. The lowest BCUT2D eigenvalue weighted by molar-refractivity contribution is -0.383. The molecule has 0 amide bonds. The summed E-state index contributed by atoms with van der Waals surface area (Å²) in [7, 11) is -3.60. The molecule has 0 radical (unpaired) electrons. The molecule has 9 heteroatoms. The Hall–Kier alpha value is -2.29. The number of rotatable bonds is 3. The Labute approximate surface area is 102 Å². The molecular formula is C9H8N4O4S. The molecule has 1 N–H and O–H groups in total. The lowest BCUT2D eigenvalue weighted by Crippen LogP contribution is -2.11. The normalized spacial score (nSPS) is 11.4. The van der Waals surface area contributed by atoms with Crippen LogP contribution in [0.5, 0.6) is 0 Å². The fraction of sp³-hybridized carbons (Fsp3) is 0.111. The average molecular weight is 268 g/mol. The van der Waals surface area contributed by atoms with Gasteiger partial charge in [0.15, 0.2) is 0 Å². The molecule has 0 atom stereocenters. The zero-order valence-corrected chi connectivity index (χ0v) is 10.0. The molecule has 0 saturated carbocycles. The summed E-state index contributed by atoms with van der Waals surface area (Å²) in [6, 6.07) is 2.46. The Morgan fingerprint density at radius 1 is 1.22 bits per heavy atom. The number of benzene rings is 1. The van der Waals surface area contributed by atoms with E-state index >= 15 is 0 Å². The van der Waals surface area contributed by atoms with Gasteiger partial charge in [-0.25, -0.2) is 8.42 Å². The Morgan fingerprint density at radius 2 is 1.78 bits per heavy atom. The molecule has 0 bridgehead atoms. The Bertz CT molecular complexity index is 728. The first-order valence-electron chi connectivity index (χ1n) is 4.74. The second-order valence-corrected chi connectivity index (χ2v) is 5.29. The fourth-order valence-electron chi connectivity index (χ4n) is 1.43. The minimum absolute atomic E-state index is 0.129. The minimum Gasteiger partial charge on any atom is -0.277 e. The average Bonchev–Trinajstić information content (AvgIpc) is 2.25. The summed E-state index contributed by atoms with van der Waals surface area (Å²) in [6.45, 7) is 0. The van der Waals surface area contributed by atoms with Crippen molar-refractivity contribution in [1.82, 2.24) is 9.97 Å². The van der Waals surface area contributed by atoms with Crippen molar-refractivity contribution in [2.75, 3.05) is 11.0 Å². The quantitative estimate of drug-likeness (QED) is 0.653. The summed E-state index contributed by atoms with van der Waals surface area (Å²) in [5.74, 6) is 0. The molecule has 0 unspecified atom stereocenters. The second kappa shape index (κ2) is 4.18. The van der Waals surface area contributed by atoms with Gasteiger partial charge < -0.3 is 0 Å². The van der Waals surface area contributed by atoms with Crippen LogP contribution in [0.3, 0.4) is 0 Å². The van der Waals surface area contributed by atoms with Crippen LogP contribution in [0.1, 0.15) is 0 Å². The van der Waals surface area contributed by atoms with Crippen molar-refractivity contribution in [1.29, 1.82) is 0 Å². The van der Waals surface area contributed by atoms with Gasteiger partial charge in [0.1, 0.15) is 5.69 Å². The molecule has 2 rings (SSSR count). The van der Waals surface area contributed by atoms with E-state index in [2.05, 4.69) is 14.7 Å². The Kier molecular flexibility index (Phi) is 2.83. The highest BCUT2D eigenvalue weighted by atomic mass is 32.2. The summed E-state index contributed by atoms with van der Waals surface area (Å²) in [5.41, 5.74) is 0.196. The Balaban J connectivity index is 2.69. The number of hydrogen-bond donors (Lipinski definition) is 1. The molecule has 0 saturated heterocycles. The zero-order valence-electron chi connectivity index (χ0n) is 9.19. The maximum Gasteiger partial charge on any atom is 0.295 e. The number of hydrogen-bond acceptors (Lipinski definition) is 6. The Morgan fingerprint density at radius 3 is 2.28 bits per heavy atom. The van der Waals surface area contributed by atoms with Gasteiger partial charge in [0.05, 0.1) is 22.2 Å². The predicted molar refractivity (Wildman–Crippen MR) is 64.7 cm³/mol. The van der Waals surface area contributed by atoms with E-state index in [-0.39, 0.29) is 11.4 Å². The van der Waals surface area contributed by atoms with Crippen LogP contribution < -0.4 is 4.72 Å². The van der Waals surface area contributed by atoms with E-state index in [1.54, 1.807) is 0 Å². The zero-order chi connectivity index (χ0) is 13.3. The third kappa shape index (κ3) is 2.51. The maximum atomic E-state index is 11.1. The summed E-state index contributed by atoms with van der Waals surface area (Å²) in [4.78, 5) is 18.1. The molecule has 0 aliphatic carbocycles. The predicted octanol–water partition coefficient (Wildman–Crippen LogP) is 0.909. The van der Waals surface area contributed by atoms with Gasteiger partial charge in [-0.05, 0) is 6.07 Å². The van der Waals surface area contributed by atoms with E-state index in [1.807, 2.05) is 0 Å². The van der Waals surface area contributed by atoms with Crippen LogP contribution in [-0.4, -0.2) is 29.6 Å². The third-order valence-electron chi connectivity index (χ3n) is 2.08. The van der Waals surface area contributed by atoms with Crippen LogP contribution >= 0.6 is 0 Å². The molecule has 0 aliphatic heterocycles. The molecule has 1 aromatic heterocycles. The SMILES string of the molecule is CS(=O)(=O)Nc1cc2nccnc2cc1[N+](=O)[O-]. The van der Waals surface area contributed by atoms with Crippen LogP contribution in [-0.2, 0) is 10.0 Å². The summed E-state index contributed by atoms with van der Waals surface area (Å²) < 4.78 is 24.4. The number of nitro groups is 1. The van der Waals surface area contributed by atoms with E-state index in [0.29, 0.717) is 11.0 Å². The van der Waals surface area contributed by atoms with Gasteiger partial charge in [-0.2, -0.15) is 0 Å². The van der Waals surface area contributed by atoms with E-state index in [9.17, 15) is 18.5 Å². The molecule has 18 heavy (non-hydrogen) atoms. The summed E-state index contributed by atoms with van der Waals surface area (Å²) in [5, 5.41) is 10.9. The monoisotopic (exact) mass is 268 g/mol. The van der Waals surface area contributed by atoms with Crippen LogP contribution in [0.4, 0.5) is 11.4 Å². The van der Waals surface area contributed by atoms with E-state index < -0.39 is 14.9 Å². The number of fused-ring (bicyclic) bond motifs is 1. The highest BCUT2D eigenvalue weighted by Gasteiger charge is 2.18. The standard InChI is InChI=1S/C9H8N4O4S/c1-18(16,17)12-8-4-6-7(11-3-2-10-6)5-9(8)13(14)15/h2-5,12H,1H3. The first kappa shape index (κ1) is 12.2. The first-order valence-corrected chi connectivity index (χ1v) is 6.63. The van der Waals surface area contributed by atoms with Crippen LogP contribution in [0.15, 0.2) is 24.5 Å². The molecule has 0 aliphatic rings. The highest BCUT2D eigenvalue weighted by molar-refractivity contribution is 7.92. The van der Waals surface area contributed by atoms with Crippen molar-refractivity contribution in [3.8, 4) is 0 Å². The molecule has 0 fully saturated rings. The lowest BCUT2D eigenvalue weighted by Gasteiger charge is -2.05. The van der Waals surface area contributed by atoms with Crippen molar-refractivity contribution in [3.63, 3.8) is 0 Å². The number of nitro benzene ring substituents is 1. The molecule has 8 nitrogen and oxygen atoms in total. The molecule has 2 aromatic rings. The van der Waals surface area contributed by atoms with Gasteiger partial charge in [-0.3, -0.25) is 24.8 Å². The smallest absolute Gasteiger partial charge is 0.277 e. The van der Waals surface area contributed by atoms with Crippen LogP contribution in [0.2, 0.25) is 0 Å². The summed E-state index contributed by atoms with van der Waals surface area (Å²) in [6.07, 6.45) is 3.73. The van der Waals surface area contributed by atoms with Gasteiger partial charge in [0, 0.05) is 18.5 Å². The second-order valence-electron chi connectivity index (χ2n) is 3.55. The largest absolute Gasteiger partial charge is 0.295 e. The number of anilines is 1. The van der Waals surface area contributed by atoms with E-state index in [4.69, 9.17) is 0 Å². The number of nitrogens with one attached hydrogen (secondary N) is 1. The van der Waals surface area contributed by atoms with Gasteiger partial charge in [-0.15, -0.1) is 0 Å². The van der Waals surface area contributed by atoms with Gasteiger partial charge in [0.25, 0.3) is 5.69 Å². The molecule has 0 spiro atoms. The maximum absolute atomic E-state index is 11.1. The van der Waals surface area contributed by atoms with Gasteiger partial charge >= 0.3 is 0 Å². The van der Waals surface area contributed by atoms with Crippen LogP contribution in [0, 0.1) is 10.1 Å². The highest BCUT2D eigenvalue weighted by Crippen LogP contribution is 2.28. The first-order chi connectivity index (χ1) is 8.37. The van der Waals surface area contributed by atoms with Crippen molar-refractivity contribution in [3.05, 3.63) is 34.6 Å². The van der Waals surface area contributed by atoms with Gasteiger partial charge in [0.2, 0.25) is 10.0 Å². The molecule has 94 valence electrons. The summed E-state index contributed by atoms with van der Waals surface area (Å²) >= 11 is 0. The van der Waals surface area contributed by atoms with E-state index in [0.717, 1.165) is 6.26 Å². The molecule has 1 aromatic carbocycles. The number of aromatic nitrogens is 2. The van der Waals surface area contributed by atoms with Crippen LogP contribution in [0.25, 0.3) is 11.0 Å². The minimum atomic E-state index is -3.60. The van der Waals surface area contributed by atoms with Crippen molar-refractivity contribution in [2.24, 2.45) is 0 Å². The molecular weight excluding hydrogens is 260 g/mol. The van der Waals surface area contributed by atoms with Gasteiger partial charge in [-0.1, -0.05) is 0 Å².